The quantitative estimate of drug-likeness (QED) is 0.737. The Hall–Kier alpha value is -1.99. The standard InChI is InChI=1S/C21H27N3O3S/c1-27-21(26)15-8-11-23(12-9-15)14-19(25)24-10-4-5-16(13-24)20-22-17-6-2-3-7-18(17)28-20/h2-3,6-7,15-16H,4-5,8-14H2,1H3/t16-/m0/s1. The molecule has 1 aromatic carbocycles. The predicted molar refractivity (Wildman–Crippen MR) is 109 cm³/mol. The van der Waals surface area contributed by atoms with Crippen molar-refractivity contribution in [3.63, 3.8) is 0 Å². The second-order valence-corrected chi connectivity index (χ2v) is 8.83. The van der Waals surface area contributed by atoms with E-state index in [2.05, 4.69) is 17.0 Å². The van der Waals surface area contributed by atoms with Gasteiger partial charge in [-0.3, -0.25) is 14.5 Å². The van der Waals surface area contributed by atoms with Gasteiger partial charge in [-0.1, -0.05) is 12.1 Å². The number of nitrogens with zero attached hydrogens (tertiary/aromatic N) is 3. The molecule has 2 aliphatic rings. The number of piperidine rings is 2. The van der Waals surface area contributed by atoms with Gasteiger partial charge in [0.25, 0.3) is 0 Å². The van der Waals surface area contributed by atoms with Gasteiger partial charge in [-0.05, 0) is 50.9 Å². The zero-order valence-corrected chi connectivity index (χ0v) is 17.1. The number of amides is 1. The normalized spacial score (nSPS) is 21.8. The van der Waals surface area contributed by atoms with Gasteiger partial charge in [-0.2, -0.15) is 0 Å². The molecule has 1 aromatic heterocycles. The summed E-state index contributed by atoms with van der Waals surface area (Å²) in [7, 11) is 1.44. The molecule has 1 atom stereocenters. The fourth-order valence-corrected chi connectivity index (χ4v) is 5.35. The van der Waals surface area contributed by atoms with E-state index in [9.17, 15) is 9.59 Å². The lowest BCUT2D eigenvalue weighted by Crippen LogP contribution is -2.47. The predicted octanol–water partition coefficient (Wildman–Crippen LogP) is 2.89. The highest BCUT2D eigenvalue weighted by molar-refractivity contribution is 7.18. The molecule has 3 heterocycles. The van der Waals surface area contributed by atoms with Crippen LogP contribution in [0.15, 0.2) is 24.3 Å². The highest BCUT2D eigenvalue weighted by Gasteiger charge is 2.30. The van der Waals surface area contributed by atoms with Crippen LogP contribution in [0, 0.1) is 5.92 Å². The number of carbonyl (C=O) groups is 2. The van der Waals surface area contributed by atoms with Crippen molar-refractivity contribution in [3.8, 4) is 0 Å². The van der Waals surface area contributed by atoms with E-state index in [-0.39, 0.29) is 17.8 Å². The van der Waals surface area contributed by atoms with Crippen LogP contribution < -0.4 is 0 Å². The minimum Gasteiger partial charge on any atom is -0.469 e. The molecule has 4 rings (SSSR count). The summed E-state index contributed by atoms with van der Waals surface area (Å²) >= 11 is 1.75. The molecule has 2 aromatic rings. The Kier molecular flexibility index (Phi) is 5.92. The number of benzene rings is 1. The van der Waals surface area contributed by atoms with Crippen LogP contribution in [0.2, 0.25) is 0 Å². The fourth-order valence-electron chi connectivity index (χ4n) is 4.25. The van der Waals surface area contributed by atoms with E-state index in [4.69, 9.17) is 9.72 Å². The largest absolute Gasteiger partial charge is 0.469 e. The van der Waals surface area contributed by atoms with Crippen LogP contribution in [0.1, 0.15) is 36.6 Å². The molecular formula is C21H27N3O3S. The molecule has 2 saturated heterocycles. The number of hydrogen-bond donors (Lipinski definition) is 0. The van der Waals surface area contributed by atoms with E-state index >= 15 is 0 Å². The monoisotopic (exact) mass is 401 g/mol. The van der Waals surface area contributed by atoms with E-state index in [0.29, 0.717) is 12.5 Å². The van der Waals surface area contributed by atoms with E-state index < -0.39 is 0 Å². The summed E-state index contributed by atoms with van der Waals surface area (Å²) in [5.41, 5.74) is 1.06. The molecule has 0 unspecified atom stereocenters. The number of aromatic nitrogens is 1. The van der Waals surface area contributed by atoms with Gasteiger partial charge in [0.15, 0.2) is 0 Å². The first kappa shape index (κ1) is 19.3. The number of rotatable bonds is 4. The van der Waals surface area contributed by atoms with Crippen molar-refractivity contribution in [2.75, 3.05) is 39.8 Å². The van der Waals surface area contributed by atoms with E-state index in [1.165, 1.54) is 11.8 Å². The Bertz CT molecular complexity index is 811. The lowest BCUT2D eigenvalue weighted by atomic mass is 9.96. The van der Waals surface area contributed by atoms with Gasteiger partial charge in [0.2, 0.25) is 5.91 Å². The van der Waals surface area contributed by atoms with Crippen LogP contribution in [-0.2, 0) is 14.3 Å². The zero-order chi connectivity index (χ0) is 19.5. The van der Waals surface area contributed by atoms with Crippen LogP contribution in [0.5, 0.6) is 0 Å². The third-order valence-electron chi connectivity index (χ3n) is 5.91. The van der Waals surface area contributed by atoms with Gasteiger partial charge < -0.3 is 9.64 Å². The smallest absolute Gasteiger partial charge is 0.308 e. The molecule has 7 heteroatoms. The van der Waals surface area contributed by atoms with Crippen molar-refractivity contribution in [2.24, 2.45) is 5.92 Å². The van der Waals surface area contributed by atoms with Crippen LogP contribution in [0.4, 0.5) is 0 Å². The summed E-state index contributed by atoms with van der Waals surface area (Å²) < 4.78 is 6.06. The van der Waals surface area contributed by atoms with Crippen molar-refractivity contribution in [1.82, 2.24) is 14.8 Å². The lowest BCUT2D eigenvalue weighted by Gasteiger charge is -2.35. The van der Waals surface area contributed by atoms with Crippen molar-refractivity contribution in [3.05, 3.63) is 29.3 Å². The first-order valence-corrected chi connectivity index (χ1v) is 10.9. The average molecular weight is 402 g/mol. The van der Waals surface area contributed by atoms with Crippen molar-refractivity contribution < 1.29 is 14.3 Å². The maximum atomic E-state index is 12.9. The van der Waals surface area contributed by atoms with Gasteiger partial charge in [-0.25, -0.2) is 4.98 Å². The SMILES string of the molecule is COC(=O)C1CCN(CC(=O)N2CCC[C@H](c3nc4ccccc4s3)C2)CC1. The zero-order valence-electron chi connectivity index (χ0n) is 16.3. The number of methoxy groups -OCH3 is 1. The molecular weight excluding hydrogens is 374 g/mol. The molecule has 0 saturated carbocycles. The number of ether oxygens (including phenoxy) is 1. The fraction of sp³-hybridized carbons (Fsp3) is 0.571. The molecule has 6 nitrogen and oxygen atoms in total. The lowest BCUT2D eigenvalue weighted by molar-refractivity contribution is -0.147. The summed E-state index contributed by atoms with van der Waals surface area (Å²) in [6, 6.07) is 8.23. The van der Waals surface area contributed by atoms with Crippen LogP contribution >= 0.6 is 11.3 Å². The molecule has 1 amide bonds. The summed E-state index contributed by atoms with van der Waals surface area (Å²) in [4.78, 5) is 33.5. The second-order valence-electron chi connectivity index (χ2n) is 7.77. The van der Waals surface area contributed by atoms with Crippen molar-refractivity contribution in [1.29, 1.82) is 0 Å². The maximum Gasteiger partial charge on any atom is 0.308 e. The molecule has 2 aliphatic heterocycles. The number of fused-ring (bicyclic) bond motifs is 1. The minimum absolute atomic E-state index is 0.0187. The molecule has 0 bridgehead atoms. The number of hydrogen-bond acceptors (Lipinski definition) is 6. The highest BCUT2D eigenvalue weighted by atomic mass is 32.1. The summed E-state index contributed by atoms with van der Waals surface area (Å²) in [6.07, 6.45) is 3.66. The van der Waals surface area contributed by atoms with Gasteiger partial charge in [0.05, 0.1) is 34.8 Å². The highest BCUT2D eigenvalue weighted by Crippen LogP contribution is 2.33. The number of carbonyl (C=O) groups excluding carboxylic acids is 2. The first-order valence-electron chi connectivity index (χ1n) is 10.1. The van der Waals surface area contributed by atoms with Gasteiger partial charge in [-0.15, -0.1) is 11.3 Å². The average Bonchev–Trinajstić information content (AvgIpc) is 3.18. The summed E-state index contributed by atoms with van der Waals surface area (Å²) in [5.74, 6) is 0.387. The third-order valence-corrected chi connectivity index (χ3v) is 7.11. The number of para-hydroxylation sites is 1. The van der Waals surface area contributed by atoms with E-state index in [1.54, 1.807) is 11.3 Å². The van der Waals surface area contributed by atoms with E-state index in [0.717, 1.165) is 62.4 Å². The third kappa shape index (κ3) is 4.20. The molecule has 0 N–H and O–H groups in total. The molecule has 0 aliphatic carbocycles. The Balaban J connectivity index is 1.33. The Labute approximate surface area is 169 Å². The molecule has 0 radical (unpaired) electrons. The Morgan fingerprint density at radius 2 is 1.96 bits per heavy atom. The van der Waals surface area contributed by atoms with E-state index in [1.807, 2.05) is 17.0 Å². The van der Waals surface area contributed by atoms with Crippen LogP contribution in [-0.4, -0.2) is 66.5 Å². The Morgan fingerprint density at radius 3 is 2.71 bits per heavy atom. The molecule has 0 spiro atoms. The number of esters is 1. The molecule has 28 heavy (non-hydrogen) atoms. The van der Waals surface area contributed by atoms with Crippen molar-refractivity contribution >= 4 is 33.4 Å². The van der Waals surface area contributed by atoms with Crippen molar-refractivity contribution in [2.45, 2.75) is 31.6 Å². The second kappa shape index (κ2) is 8.57. The molecule has 2 fully saturated rings. The van der Waals surface area contributed by atoms with Gasteiger partial charge in [0.1, 0.15) is 0 Å². The van der Waals surface area contributed by atoms with Crippen LogP contribution in [0.3, 0.4) is 0 Å². The number of likely N-dealkylation sites (tertiary alicyclic amines) is 2. The summed E-state index contributed by atoms with van der Waals surface area (Å²) in [5, 5.41) is 1.15. The first-order chi connectivity index (χ1) is 13.6. The molecule has 150 valence electrons. The maximum absolute atomic E-state index is 12.9. The minimum atomic E-state index is -0.124. The Morgan fingerprint density at radius 1 is 1.18 bits per heavy atom. The van der Waals surface area contributed by atoms with Crippen LogP contribution in [0.25, 0.3) is 10.2 Å². The van der Waals surface area contributed by atoms with Gasteiger partial charge in [0, 0.05) is 19.0 Å². The summed E-state index contributed by atoms with van der Waals surface area (Å²) in [6.45, 7) is 3.60. The van der Waals surface area contributed by atoms with Gasteiger partial charge >= 0.3 is 5.97 Å². The topological polar surface area (TPSA) is 62.7 Å². The number of thiazole rings is 1.